The summed E-state index contributed by atoms with van der Waals surface area (Å²) in [5.41, 5.74) is 0. The first-order valence-electron chi connectivity index (χ1n) is 1.70. The fraction of sp³-hybridized carbons (Fsp3) is 0. The van der Waals surface area contributed by atoms with E-state index in [1.54, 1.807) is 5.38 Å². The zero-order valence-corrected chi connectivity index (χ0v) is 9.04. The van der Waals surface area contributed by atoms with Crippen LogP contribution in [0.3, 0.4) is 0 Å². The van der Waals surface area contributed by atoms with Crippen molar-refractivity contribution in [1.82, 2.24) is 0 Å². The number of hydrogen-bond acceptors (Lipinski definition) is 2. The zero-order chi connectivity index (χ0) is 5.28. The molecule has 4 heteroatoms. The average molecular weight is 173 g/mol. The minimum Gasteiger partial charge on any atom is -0.865 e. The van der Waals surface area contributed by atoms with Gasteiger partial charge in [0.15, 0.2) is 0 Å². The maximum absolute atomic E-state index is 10.2. The molecule has 1 nitrogen and oxygen atoms in total. The SMILES string of the molecule is [K+].[O-]c1cc(Cl)cs1. The Balaban J connectivity index is 0.000000490. The van der Waals surface area contributed by atoms with E-state index in [-0.39, 0.29) is 56.4 Å². The summed E-state index contributed by atoms with van der Waals surface area (Å²) in [7, 11) is 0. The van der Waals surface area contributed by atoms with Gasteiger partial charge >= 0.3 is 51.4 Å². The smallest absolute Gasteiger partial charge is 0.865 e. The Morgan fingerprint density at radius 2 is 2.25 bits per heavy atom. The minimum absolute atomic E-state index is 0. The summed E-state index contributed by atoms with van der Waals surface area (Å²) >= 11 is 6.49. The van der Waals surface area contributed by atoms with Crippen LogP contribution in [0.5, 0.6) is 5.06 Å². The molecule has 1 aromatic rings. The van der Waals surface area contributed by atoms with Crippen LogP contribution >= 0.6 is 22.9 Å². The summed E-state index contributed by atoms with van der Waals surface area (Å²) in [6, 6.07) is 1.40. The summed E-state index contributed by atoms with van der Waals surface area (Å²) in [4.78, 5) is 0. The molecule has 8 heavy (non-hydrogen) atoms. The first-order chi connectivity index (χ1) is 3.29. The quantitative estimate of drug-likeness (QED) is 0.436. The fourth-order valence-electron chi connectivity index (χ4n) is 0.295. The van der Waals surface area contributed by atoms with E-state index in [0.717, 1.165) is 11.3 Å². The Morgan fingerprint density at radius 3 is 2.38 bits per heavy atom. The molecule has 0 bridgehead atoms. The molecule has 0 aliphatic carbocycles. The van der Waals surface area contributed by atoms with Gasteiger partial charge in [-0.3, -0.25) is 0 Å². The summed E-state index contributed by atoms with van der Waals surface area (Å²) in [6.45, 7) is 0. The molecular formula is C4H2ClKOS. The Labute approximate surface area is 99.1 Å². The van der Waals surface area contributed by atoms with Gasteiger partial charge in [-0.1, -0.05) is 16.7 Å². The second kappa shape index (κ2) is 4.27. The van der Waals surface area contributed by atoms with Crippen LogP contribution in [-0.4, -0.2) is 0 Å². The van der Waals surface area contributed by atoms with Gasteiger partial charge < -0.3 is 5.11 Å². The van der Waals surface area contributed by atoms with Crippen molar-refractivity contribution in [2.24, 2.45) is 0 Å². The van der Waals surface area contributed by atoms with Crippen LogP contribution in [0.25, 0.3) is 0 Å². The van der Waals surface area contributed by atoms with Gasteiger partial charge in [-0.05, 0) is 6.07 Å². The third-order valence-corrected chi connectivity index (χ3v) is 1.61. The molecular weight excluding hydrogens is 171 g/mol. The van der Waals surface area contributed by atoms with E-state index in [1.165, 1.54) is 6.07 Å². The van der Waals surface area contributed by atoms with E-state index in [1.807, 2.05) is 0 Å². The Hall–Kier alpha value is 1.43. The van der Waals surface area contributed by atoms with Crippen LogP contribution in [0.2, 0.25) is 5.02 Å². The van der Waals surface area contributed by atoms with E-state index in [0.29, 0.717) is 5.02 Å². The van der Waals surface area contributed by atoms with Crippen molar-refractivity contribution in [3.63, 3.8) is 0 Å². The van der Waals surface area contributed by atoms with Crippen molar-refractivity contribution in [2.45, 2.75) is 0 Å². The number of halogens is 1. The van der Waals surface area contributed by atoms with Crippen LogP contribution in [0.1, 0.15) is 0 Å². The predicted octanol–water partition coefficient (Wildman–Crippen LogP) is -1.52. The second-order valence-electron chi connectivity index (χ2n) is 1.08. The van der Waals surface area contributed by atoms with Gasteiger partial charge in [-0.15, -0.1) is 0 Å². The van der Waals surface area contributed by atoms with Crippen molar-refractivity contribution in [3.05, 3.63) is 16.5 Å². The van der Waals surface area contributed by atoms with Crippen molar-refractivity contribution in [3.8, 4) is 5.06 Å². The maximum atomic E-state index is 10.2. The first-order valence-corrected chi connectivity index (χ1v) is 2.96. The van der Waals surface area contributed by atoms with Crippen molar-refractivity contribution < 1.29 is 56.5 Å². The molecule has 0 aliphatic rings. The normalized spacial score (nSPS) is 8.12. The van der Waals surface area contributed by atoms with Crippen LogP contribution in [0, 0.1) is 0 Å². The summed E-state index contributed by atoms with van der Waals surface area (Å²) in [6.07, 6.45) is 0. The van der Waals surface area contributed by atoms with Gasteiger partial charge in [0, 0.05) is 5.38 Å². The van der Waals surface area contributed by atoms with Crippen LogP contribution in [-0.2, 0) is 0 Å². The second-order valence-corrected chi connectivity index (χ2v) is 2.39. The van der Waals surface area contributed by atoms with Gasteiger partial charge in [0.25, 0.3) is 0 Å². The minimum atomic E-state index is 0. The van der Waals surface area contributed by atoms with E-state index in [4.69, 9.17) is 11.6 Å². The van der Waals surface area contributed by atoms with E-state index in [9.17, 15) is 5.11 Å². The van der Waals surface area contributed by atoms with Gasteiger partial charge in [0.2, 0.25) is 0 Å². The molecule has 0 saturated carbocycles. The van der Waals surface area contributed by atoms with Crippen LogP contribution in [0.4, 0.5) is 0 Å². The third-order valence-electron chi connectivity index (χ3n) is 0.543. The van der Waals surface area contributed by atoms with Gasteiger partial charge in [-0.2, -0.15) is 11.3 Å². The fourth-order valence-corrected chi connectivity index (χ4v) is 1.08. The molecule has 0 spiro atoms. The molecule has 0 saturated heterocycles. The third kappa shape index (κ3) is 2.82. The van der Waals surface area contributed by atoms with Gasteiger partial charge in [0.1, 0.15) is 0 Å². The summed E-state index contributed by atoms with van der Waals surface area (Å²) in [5.74, 6) is 0. The van der Waals surface area contributed by atoms with Gasteiger partial charge in [-0.25, -0.2) is 0 Å². The monoisotopic (exact) mass is 172 g/mol. The maximum Gasteiger partial charge on any atom is 1.00 e. The Kier molecular flexibility index (Phi) is 5.04. The van der Waals surface area contributed by atoms with E-state index < -0.39 is 0 Å². The molecule has 1 heterocycles. The van der Waals surface area contributed by atoms with E-state index in [2.05, 4.69) is 0 Å². The standard InChI is InChI=1S/C4H3ClOS.K/c5-3-1-4(6)7-2-3;/h1-2,6H;/q;+1/p-1. The summed E-state index contributed by atoms with van der Waals surface area (Å²) < 4.78 is 0. The van der Waals surface area contributed by atoms with E-state index >= 15 is 0 Å². The molecule has 0 aromatic carbocycles. The molecule has 0 aliphatic heterocycles. The topological polar surface area (TPSA) is 23.1 Å². The van der Waals surface area contributed by atoms with Crippen LogP contribution in [0.15, 0.2) is 11.4 Å². The summed E-state index contributed by atoms with van der Waals surface area (Å²) in [5, 5.41) is 12.4. The van der Waals surface area contributed by atoms with Crippen molar-refractivity contribution in [1.29, 1.82) is 0 Å². The Bertz CT molecular complexity index is 148. The first kappa shape index (κ1) is 9.43. The number of rotatable bonds is 0. The molecule has 0 radical (unpaired) electrons. The molecule has 38 valence electrons. The number of hydrogen-bond donors (Lipinski definition) is 0. The zero-order valence-electron chi connectivity index (χ0n) is 4.35. The molecule has 0 atom stereocenters. The van der Waals surface area contributed by atoms with Crippen molar-refractivity contribution in [2.75, 3.05) is 0 Å². The molecule has 0 fully saturated rings. The van der Waals surface area contributed by atoms with Crippen LogP contribution < -0.4 is 56.5 Å². The molecule has 0 amide bonds. The van der Waals surface area contributed by atoms with Gasteiger partial charge in [0.05, 0.1) is 5.02 Å². The largest absolute Gasteiger partial charge is 1.00 e. The Morgan fingerprint density at radius 1 is 1.62 bits per heavy atom. The number of thiophene rings is 1. The molecule has 0 N–H and O–H groups in total. The molecule has 1 aromatic heterocycles. The average Bonchev–Trinajstić information content (AvgIpc) is 1.87. The molecule has 0 unspecified atom stereocenters. The van der Waals surface area contributed by atoms with Crippen molar-refractivity contribution >= 4 is 22.9 Å². The predicted molar refractivity (Wildman–Crippen MR) is 28.8 cm³/mol. The molecule has 1 rings (SSSR count).